The molecular weight excluding hydrogens is 190 g/mol. The van der Waals surface area contributed by atoms with Crippen LogP contribution in [0.5, 0.6) is 0 Å². The summed E-state index contributed by atoms with van der Waals surface area (Å²) in [4.78, 5) is 0. The van der Waals surface area contributed by atoms with Crippen LogP contribution in [0.4, 0.5) is 0 Å². The third-order valence-corrected chi connectivity index (χ3v) is 2.60. The fourth-order valence-electron chi connectivity index (χ4n) is 1.03. The smallest absolute Gasteiger partial charge is 0.148 e. The predicted octanol–water partition coefficient (Wildman–Crippen LogP) is 0.0456. The van der Waals surface area contributed by atoms with Gasteiger partial charge in [0.2, 0.25) is 0 Å². The second-order valence-electron chi connectivity index (χ2n) is 3.14. The molecule has 0 aromatic carbocycles. The molecule has 0 aliphatic carbocycles. The summed E-state index contributed by atoms with van der Waals surface area (Å²) in [7, 11) is -2.87. The first-order valence-corrected chi connectivity index (χ1v) is 6.50. The van der Waals surface area contributed by atoms with Gasteiger partial charge in [-0.3, -0.25) is 0 Å². The van der Waals surface area contributed by atoms with Gasteiger partial charge in [-0.15, -0.1) is 0 Å². The standard InChI is InChI=1S/C8H19NO3S/c1-4-12-6-5-9-8(2)7-13(3,10)11/h8-9H,4-7H2,1-3H3. The number of hydrogen-bond acceptors (Lipinski definition) is 4. The number of ether oxygens (including phenoxy) is 1. The molecule has 0 aromatic heterocycles. The first kappa shape index (κ1) is 12.9. The Labute approximate surface area is 80.6 Å². The van der Waals surface area contributed by atoms with Crippen molar-refractivity contribution in [3.05, 3.63) is 0 Å². The van der Waals surface area contributed by atoms with E-state index in [0.29, 0.717) is 19.8 Å². The molecule has 0 saturated heterocycles. The molecule has 4 nitrogen and oxygen atoms in total. The van der Waals surface area contributed by atoms with Crippen LogP contribution >= 0.6 is 0 Å². The summed E-state index contributed by atoms with van der Waals surface area (Å²) in [6, 6.07) is -0.00421. The van der Waals surface area contributed by atoms with E-state index in [9.17, 15) is 8.42 Å². The monoisotopic (exact) mass is 209 g/mol. The topological polar surface area (TPSA) is 55.4 Å². The van der Waals surface area contributed by atoms with E-state index in [1.807, 2.05) is 13.8 Å². The van der Waals surface area contributed by atoms with E-state index in [4.69, 9.17) is 4.74 Å². The second-order valence-corrected chi connectivity index (χ2v) is 5.33. The lowest BCUT2D eigenvalue weighted by molar-refractivity contribution is 0.148. The maximum absolute atomic E-state index is 10.9. The van der Waals surface area contributed by atoms with Gasteiger partial charge >= 0.3 is 0 Å². The molecule has 0 fully saturated rings. The van der Waals surface area contributed by atoms with Crippen molar-refractivity contribution in [3.63, 3.8) is 0 Å². The molecule has 0 saturated carbocycles. The Kier molecular flexibility index (Phi) is 6.28. The van der Waals surface area contributed by atoms with E-state index >= 15 is 0 Å². The van der Waals surface area contributed by atoms with Gasteiger partial charge in [0.1, 0.15) is 9.84 Å². The molecule has 13 heavy (non-hydrogen) atoms. The van der Waals surface area contributed by atoms with Crippen LogP contribution in [0.2, 0.25) is 0 Å². The quantitative estimate of drug-likeness (QED) is 0.602. The first-order chi connectivity index (χ1) is 5.95. The van der Waals surface area contributed by atoms with Crippen molar-refractivity contribution in [3.8, 4) is 0 Å². The van der Waals surface area contributed by atoms with Crippen LogP contribution in [0.3, 0.4) is 0 Å². The Hall–Kier alpha value is -0.130. The molecular formula is C8H19NO3S. The van der Waals surface area contributed by atoms with Crippen molar-refractivity contribution >= 4 is 9.84 Å². The molecule has 0 bridgehead atoms. The minimum absolute atomic E-state index is 0.00421. The van der Waals surface area contributed by atoms with Crippen LogP contribution < -0.4 is 5.32 Å². The molecule has 80 valence electrons. The molecule has 5 heteroatoms. The van der Waals surface area contributed by atoms with E-state index in [2.05, 4.69) is 5.32 Å². The molecule has 1 N–H and O–H groups in total. The van der Waals surface area contributed by atoms with Crippen LogP contribution in [0.1, 0.15) is 13.8 Å². The molecule has 0 aliphatic rings. The van der Waals surface area contributed by atoms with Crippen molar-refractivity contribution in [2.45, 2.75) is 19.9 Å². The molecule has 0 aliphatic heterocycles. The molecule has 0 radical (unpaired) electrons. The van der Waals surface area contributed by atoms with Crippen molar-refractivity contribution in [1.29, 1.82) is 0 Å². The summed E-state index contributed by atoms with van der Waals surface area (Å²) in [5.74, 6) is 0.180. The fourth-order valence-corrected chi connectivity index (χ4v) is 2.06. The van der Waals surface area contributed by atoms with Gasteiger partial charge < -0.3 is 10.1 Å². The zero-order chi connectivity index (χ0) is 10.3. The first-order valence-electron chi connectivity index (χ1n) is 4.44. The number of sulfone groups is 1. The Morgan fingerprint density at radius 1 is 1.46 bits per heavy atom. The van der Waals surface area contributed by atoms with E-state index in [1.165, 1.54) is 6.26 Å². The van der Waals surface area contributed by atoms with E-state index < -0.39 is 9.84 Å². The van der Waals surface area contributed by atoms with Gasteiger partial charge in [0.25, 0.3) is 0 Å². The molecule has 0 heterocycles. The maximum Gasteiger partial charge on any atom is 0.148 e. The third kappa shape index (κ3) is 9.79. The highest BCUT2D eigenvalue weighted by Gasteiger charge is 2.08. The minimum Gasteiger partial charge on any atom is -0.380 e. The lowest BCUT2D eigenvalue weighted by Crippen LogP contribution is -2.34. The summed E-state index contributed by atoms with van der Waals surface area (Å²) >= 11 is 0. The van der Waals surface area contributed by atoms with Crippen LogP contribution in [-0.2, 0) is 14.6 Å². The van der Waals surface area contributed by atoms with Crippen molar-refractivity contribution in [1.82, 2.24) is 5.32 Å². The lowest BCUT2D eigenvalue weighted by atomic mass is 10.4. The van der Waals surface area contributed by atoms with Gasteiger partial charge in [-0.05, 0) is 13.8 Å². The van der Waals surface area contributed by atoms with Gasteiger partial charge in [-0.25, -0.2) is 8.42 Å². The molecule has 0 aromatic rings. The van der Waals surface area contributed by atoms with Gasteiger partial charge in [0.05, 0.1) is 12.4 Å². The van der Waals surface area contributed by atoms with Crippen LogP contribution in [0.25, 0.3) is 0 Å². The largest absolute Gasteiger partial charge is 0.380 e. The molecule has 1 atom stereocenters. The number of rotatable bonds is 7. The summed E-state index contributed by atoms with van der Waals surface area (Å²) in [5.41, 5.74) is 0. The summed E-state index contributed by atoms with van der Waals surface area (Å²) < 4.78 is 26.8. The minimum atomic E-state index is -2.87. The van der Waals surface area contributed by atoms with Gasteiger partial charge in [0.15, 0.2) is 0 Å². The Morgan fingerprint density at radius 3 is 2.54 bits per heavy atom. The van der Waals surface area contributed by atoms with Crippen LogP contribution in [-0.4, -0.2) is 46.2 Å². The van der Waals surface area contributed by atoms with E-state index in [1.54, 1.807) is 0 Å². The van der Waals surface area contributed by atoms with Gasteiger partial charge in [-0.2, -0.15) is 0 Å². The highest BCUT2D eigenvalue weighted by Crippen LogP contribution is 1.89. The zero-order valence-corrected chi connectivity index (χ0v) is 9.36. The summed E-state index contributed by atoms with van der Waals surface area (Å²) in [5, 5.41) is 3.07. The van der Waals surface area contributed by atoms with Crippen molar-refractivity contribution in [2.75, 3.05) is 31.8 Å². The van der Waals surface area contributed by atoms with Gasteiger partial charge in [0, 0.05) is 25.4 Å². The van der Waals surface area contributed by atoms with E-state index in [0.717, 1.165) is 0 Å². The van der Waals surface area contributed by atoms with Crippen LogP contribution in [0.15, 0.2) is 0 Å². The Balaban J connectivity index is 3.47. The maximum atomic E-state index is 10.9. The third-order valence-electron chi connectivity index (χ3n) is 1.50. The van der Waals surface area contributed by atoms with Crippen molar-refractivity contribution in [2.24, 2.45) is 0 Å². The Bertz CT molecular complexity index is 213. The number of nitrogens with one attached hydrogen (secondary N) is 1. The molecule has 0 rings (SSSR count). The highest BCUT2D eigenvalue weighted by molar-refractivity contribution is 7.90. The fraction of sp³-hybridized carbons (Fsp3) is 1.00. The lowest BCUT2D eigenvalue weighted by Gasteiger charge is -2.11. The normalized spacial score (nSPS) is 14.4. The molecule has 0 amide bonds. The van der Waals surface area contributed by atoms with Gasteiger partial charge in [-0.1, -0.05) is 0 Å². The zero-order valence-electron chi connectivity index (χ0n) is 8.54. The van der Waals surface area contributed by atoms with Crippen molar-refractivity contribution < 1.29 is 13.2 Å². The highest BCUT2D eigenvalue weighted by atomic mass is 32.2. The molecule has 0 spiro atoms. The van der Waals surface area contributed by atoms with E-state index in [-0.39, 0.29) is 11.8 Å². The number of hydrogen-bond donors (Lipinski definition) is 1. The average Bonchev–Trinajstić information content (AvgIpc) is 1.94. The second kappa shape index (κ2) is 6.34. The predicted molar refractivity (Wildman–Crippen MR) is 53.7 cm³/mol. The summed E-state index contributed by atoms with van der Waals surface area (Å²) in [6.45, 7) is 5.81. The Morgan fingerprint density at radius 2 is 2.08 bits per heavy atom. The summed E-state index contributed by atoms with van der Waals surface area (Å²) in [6.07, 6.45) is 1.24. The van der Waals surface area contributed by atoms with Crippen LogP contribution in [0, 0.1) is 0 Å². The SMILES string of the molecule is CCOCCNC(C)CS(C)(=O)=O. The average molecular weight is 209 g/mol. The molecule has 1 unspecified atom stereocenters.